The Kier molecular flexibility index (Phi) is 7.84. The zero-order chi connectivity index (χ0) is 19.9. The second-order valence-corrected chi connectivity index (χ2v) is 8.98. The van der Waals surface area contributed by atoms with E-state index in [2.05, 4.69) is 50.0 Å². The highest BCUT2D eigenvalue weighted by Gasteiger charge is 2.24. The molecule has 0 amide bonds. The molecule has 0 radical (unpaired) electrons. The third-order valence-electron chi connectivity index (χ3n) is 5.15. The van der Waals surface area contributed by atoms with Gasteiger partial charge in [0.05, 0.1) is 18.3 Å². The van der Waals surface area contributed by atoms with Gasteiger partial charge in [0.25, 0.3) is 0 Å². The van der Waals surface area contributed by atoms with Crippen molar-refractivity contribution in [3.05, 3.63) is 38.5 Å². The van der Waals surface area contributed by atoms with Crippen molar-refractivity contribution in [3.63, 3.8) is 0 Å². The minimum Gasteiger partial charge on any atom is -0.375 e. The number of nitrogens with one attached hydrogen (secondary N) is 1. The molecule has 2 aromatic rings. The number of aromatic nitrogens is 1. The van der Waals surface area contributed by atoms with E-state index in [1.165, 1.54) is 30.8 Å². The van der Waals surface area contributed by atoms with Gasteiger partial charge in [-0.3, -0.25) is 9.89 Å². The lowest BCUT2D eigenvalue weighted by Crippen LogP contribution is -2.43. The number of ether oxygens (including phenoxy) is 1. The third kappa shape index (κ3) is 5.31. The predicted molar refractivity (Wildman–Crippen MR) is 118 cm³/mol. The van der Waals surface area contributed by atoms with Crippen LogP contribution in [0, 0.1) is 0 Å². The van der Waals surface area contributed by atoms with E-state index in [1.54, 1.807) is 18.4 Å². The van der Waals surface area contributed by atoms with Gasteiger partial charge in [-0.05, 0) is 44.3 Å². The summed E-state index contributed by atoms with van der Waals surface area (Å²) in [6.07, 6.45) is 2.62. The highest BCUT2D eigenvalue weighted by molar-refractivity contribution is 7.10. The molecular weight excluding hydrogens is 390 g/mol. The Morgan fingerprint density at radius 1 is 1.39 bits per heavy atom. The normalized spacial score (nSPS) is 17.6. The molecule has 3 rings (SSSR count). The lowest BCUT2D eigenvalue weighted by Gasteiger charge is -2.29. The standard InChI is InChI=1S/C20H31N5OS2/c1-15(26-4)19-23-16(14-28-19)13-24(3)20(21-2)22-12-17(18-8-7-11-27-18)25-9-5-6-10-25/h7-8,11,14-15,17H,5-6,9-10,12-13H2,1-4H3,(H,21,22). The van der Waals surface area contributed by atoms with E-state index in [9.17, 15) is 0 Å². The van der Waals surface area contributed by atoms with Gasteiger partial charge in [-0.25, -0.2) is 4.98 Å². The van der Waals surface area contributed by atoms with E-state index >= 15 is 0 Å². The molecule has 1 aliphatic heterocycles. The maximum absolute atomic E-state index is 5.37. The monoisotopic (exact) mass is 421 g/mol. The molecule has 0 aliphatic carbocycles. The van der Waals surface area contributed by atoms with Crippen molar-refractivity contribution in [2.75, 3.05) is 40.8 Å². The van der Waals surface area contributed by atoms with Crippen LogP contribution < -0.4 is 5.32 Å². The number of likely N-dealkylation sites (tertiary alicyclic amines) is 1. The minimum absolute atomic E-state index is 0.0357. The molecule has 0 aromatic carbocycles. The molecule has 0 bridgehead atoms. The molecule has 2 atom stereocenters. The first-order valence-electron chi connectivity index (χ1n) is 9.78. The lowest BCUT2D eigenvalue weighted by molar-refractivity contribution is 0.119. The molecule has 0 saturated carbocycles. The summed E-state index contributed by atoms with van der Waals surface area (Å²) < 4.78 is 5.37. The Morgan fingerprint density at radius 3 is 2.82 bits per heavy atom. The summed E-state index contributed by atoms with van der Waals surface area (Å²) in [5, 5.41) is 8.87. The van der Waals surface area contributed by atoms with Gasteiger partial charge in [0.15, 0.2) is 5.96 Å². The average Bonchev–Trinajstić information content (AvgIpc) is 3.47. The van der Waals surface area contributed by atoms with Crippen LogP contribution in [0.2, 0.25) is 0 Å². The Hall–Kier alpha value is -1.48. The van der Waals surface area contributed by atoms with Crippen LogP contribution in [-0.2, 0) is 11.3 Å². The molecule has 1 saturated heterocycles. The molecule has 3 heterocycles. The predicted octanol–water partition coefficient (Wildman–Crippen LogP) is 3.76. The first-order chi connectivity index (χ1) is 13.6. The van der Waals surface area contributed by atoms with Crippen LogP contribution >= 0.6 is 22.7 Å². The van der Waals surface area contributed by atoms with E-state index in [0.29, 0.717) is 6.04 Å². The first-order valence-corrected chi connectivity index (χ1v) is 11.5. The Bertz CT molecular complexity index is 740. The van der Waals surface area contributed by atoms with Crippen LogP contribution in [0.1, 0.15) is 47.5 Å². The second kappa shape index (κ2) is 10.3. The topological polar surface area (TPSA) is 53.0 Å². The summed E-state index contributed by atoms with van der Waals surface area (Å²) in [5.74, 6) is 0.898. The van der Waals surface area contributed by atoms with Gasteiger partial charge < -0.3 is 15.0 Å². The zero-order valence-electron chi connectivity index (χ0n) is 17.2. The maximum atomic E-state index is 5.37. The highest BCUT2D eigenvalue weighted by Crippen LogP contribution is 2.28. The smallest absolute Gasteiger partial charge is 0.193 e. The Morgan fingerprint density at radius 2 is 2.18 bits per heavy atom. The van der Waals surface area contributed by atoms with Crippen molar-refractivity contribution in [1.82, 2.24) is 20.1 Å². The van der Waals surface area contributed by atoms with E-state index < -0.39 is 0 Å². The van der Waals surface area contributed by atoms with Gasteiger partial charge in [0, 0.05) is 38.0 Å². The summed E-state index contributed by atoms with van der Waals surface area (Å²) >= 11 is 3.49. The van der Waals surface area contributed by atoms with Gasteiger partial charge in [-0.2, -0.15) is 0 Å². The molecule has 0 spiro atoms. The quantitative estimate of drug-likeness (QED) is 0.520. The van der Waals surface area contributed by atoms with Gasteiger partial charge in [-0.1, -0.05) is 6.07 Å². The number of thiazole rings is 1. The van der Waals surface area contributed by atoms with Crippen LogP contribution in [0.4, 0.5) is 0 Å². The number of thiophene rings is 1. The van der Waals surface area contributed by atoms with Crippen LogP contribution in [0.15, 0.2) is 27.9 Å². The fraction of sp³-hybridized carbons (Fsp3) is 0.600. The molecule has 2 aromatic heterocycles. The van der Waals surface area contributed by atoms with E-state index in [-0.39, 0.29) is 6.10 Å². The number of guanidine groups is 1. The second-order valence-electron chi connectivity index (χ2n) is 7.11. The molecule has 1 N–H and O–H groups in total. The summed E-state index contributed by atoms with van der Waals surface area (Å²) in [6, 6.07) is 4.79. The number of hydrogen-bond donors (Lipinski definition) is 1. The van der Waals surface area contributed by atoms with Gasteiger partial charge in [0.2, 0.25) is 0 Å². The first kappa shape index (κ1) is 21.2. The van der Waals surface area contributed by atoms with Crippen molar-refractivity contribution in [2.24, 2.45) is 4.99 Å². The highest BCUT2D eigenvalue weighted by atomic mass is 32.1. The molecule has 8 heteroatoms. The Labute approximate surface area is 176 Å². The van der Waals surface area contributed by atoms with Crippen molar-refractivity contribution in [3.8, 4) is 0 Å². The summed E-state index contributed by atoms with van der Waals surface area (Å²) in [5.41, 5.74) is 1.05. The van der Waals surface area contributed by atoms with Crippen LogP contribution in [-0.4, -0.2) is 61.6 Å². The van der Waals surface area contributed by atoms with Gasteiger partial charge in [-0.15, -0.1) is 22.7 Å². The maximum Gasteiger partial charge on any atom is 0.193 e. The fourth-order valence-electron chi connectivity index (χ4n) is 3.52. The largest absolute Gasteiger partial charge is 0.375 e. The minimum atomic E-state index is 0.0357. The van der Waals surface area contributed by atoms with E-state index in [4.69, 9.17) is 9.72 Å². The number of rotatable bonds is 8. The Balaban J connectivity index is 1.60. The van der Waals surface area contributed by atoms with Gasteiger partial charge >= 0.3 is 0 Å². The number of hydrogen-bond acceptors (Lipinski definition) is 6. The van der Waals surface area contributed by atoms with Crippen LogP contribution in [0.3, 0.4) is 0 Å². The zero-order valence-corrected chi connectivity index (χ0v) is 18.9. The van der Waals surface area contributed by atoms with E-state index in [0.717, 1.165) is 29.8 Å². The van der Waals surface area contributed by atoms with Gasteiger partial charge in [0.1, 0.15) is 11.1 Å². The molecule has 154 valence electrons. The summed E-state index contributed by atoms with van der Waals surface area (Å²) in [6.45, 7) is 5.96. The molecular formula is C20H31N5OS2. The summed E-state index contributed by atoms with van der Waals surface area (Å²) in [7, 11) is 5.62. The van der Waals surface area contributed by atoms with E-state index in [1.807, 2.05) is 25.3 Å². The summed E-state index contributed by atoms with van der Waals surface area (Å²) in [4.78, 5) is 15.3. The van der Waals surface area contributed by atoms with Crippen LogP contribution in [0.25, 0.3) is 0 Å². The number of nitrogens with zero attached hydrogens (tertiary/aromatic N) is 4. The lowest BCUT2D eigenvalue weighted by atomic mass is 10.2. The fourth-order valence-corrected chi connectivity index (χ4v) is 5.22. The van der Waals surface area contributed by atoms with Crippen molar-refractivity contribution in [2.45, 2.75) is 38.5 Å². The molecule has 2 unspecified atom stereocenters. The molecule has 1 fully saturated rings. The molecule has 28 heavy (non-hydrogen) atoms. The number of aliphatic imine (C=N–C) groups is 1. The number of methoxy groups -OCH3 is 1. The SMILES string of the molecule is CN=C(NCC(c1cccs1)N1CCCC1)N(C)Cc1csc(C(C)OC)n1. The molecule has 1 aliphatic rings. The van der Waals surface area contributed by atoms with Crippen LogP contribution in [0.5, 0.6) is 0 Å². The van der Waals surface area contributed by atoms with Crippen molar-refractivity contribution >= 4 is 28.6 Å². The average molecular weight is 422 g/mol. The van der Waals surface area contributed by atoms with Crippen molar-refractivity contribution in [1.29, 1.82) is 0 Å². The third-order valence-corrected chi connectivity index (χ3v) is 7.18. The molecule has 6 nitrogen and oxygen atoms in total. The van der Waals surface area contributed by atoms with Crippen molar-refractivity contribution < 1.29 is 4.74 Å².